The number of unbranched alkanes of at least 4 members (excludes halogenated alkanes) is 5. The quantitative estimate of drug-likeness (QED) is 0.473. The first-order valence-electron chi connectivity index (χ1n) is 9.88. The molecule has 0 aromatic heterocycles. The monoisotopic (exact) mass is 392 g/mol. The Morgan fingerprint density at radius 1 is 1.00 bits per heavy atom. The number of cyclic esters (lactones) is 1. The third-order valence-electron chi connectivity index (χ3n) is 5.69. The predicted octanol–water partition coefficient (Wildman–Crippen LogP) is 3.77. The smallest absolute Gasteiger partial charge is 0.348 e. The first-order valence-corrected chi connectivity index (χ1v) is 11.0. The highest BCUT2D eigenvalue weighted by Gasteiger charge is 2.67. The van der Waals surface area contributed by atoms with Crippen LogP contribution in [0.4, 0.5) is 0 Å². The molecule has 0 bridgehead atoms. The van der Waals surface area contributed by atoms with Crippen molar-refractivity contribution >= 4 is 22.7 Å². The summed E-state index contributed by atoms with van der Waals surface area (Å²) < 4.78 is 22.9. The van der Waals surface area contributed by atoms with Gasteiger partial charge in [0.25, 0.3) is 0 Å². The van der Waals surface area contributed by atoms with Gasteiger partial charge in [0.2, 0.25) is 6.10 Å². The van der Waals surface area contributed by atoms with E-state index in [-0.39, 0.29) is 0 Å². The molecular weight excluding hydrogens is 364 g/mol. The van der Waals surface area contributed by atoms with Gasteiger partial charge in [-0.2, -0.15) is 0 Å². The average Bonchev–Trinajstić information content (AvgIpc) is 3.13. The minimum Gasteiger partial charge on any atom is -0.459 e. The van der Waals surface area contributed by atoms with Gasteiger partial charge in [0.05, 0.1) is 16.7 Å². The first kappa shape index (κ1) is 20.1. The van der Waals surface area contributed by atoms with Gasteiger partial charge in [-0.3, -0.25) is 9.00 Å². The zero-order valence-corrected chi connectivity index (χ0v) is 16.8. The van der Waals surface area contributed by atoms with Crippen molar-refractivity contribution in [3.63, 3.8) is 0 Å². The molecule has 27 heavy (non-hydrogen) atoms. The SMILES string of the molecule is CCCCCCCC[C@@H]1OC(=O)[C@@H]2OC(=O)[C@@](C)(S(=O)c3ccccc3)[C@H]12. The average molecular weight is 393 g/mol. The Balaban J connectivity index is 1.73. The van der Waals surface area contributed by atoms with E-state index in [1.54, 1.807) is 31.2 Å². The molecule has 1 unspecified atom stereocenters. The lowest BCUT2D eigenvalue weighted by Gasteiger charge is -2.28. The number of hydrogen-bond acceptors (Lipinski definition) is 5. The third kappa shape index (κ3) is 3.82. The Labute approximate surface area is 163 Å². The molecule has 2 fully saturated rings. The van der Waals surface area contributed by atoms with Crippen LogP contribution in [-0.2, 0) is 29.9 Å². The van der Waals surface area contributed by atoms with Gasteiger partial charge in [-0.1, -0.05) is 57.2 Å². The van der Waals surface area contributed by atoms with Gasteiger partial charge in [-0.15, -0.1) is 0 Å². The molecule has 0 amide bonds. The Bertz CT molecular complexity index is 704. The van der Waals surface area contributed by atoms with Crippen molar-refractivity contribution < 1.29 is 23.3 Å². The first-order chi connectivity index (χ1) is 13.0. The van der Waals surface area contributed by atoms with Crippen LogP contribution in [0.2, 0.25) is 0 Å². The number of fused-ring (bicyclic) bond motifs is 1. The van der Waals surface area contributed by atoms with Gasteiger partial charge >= 0.3 is 11.9 Å². The summed E-state index contributed by atoms with van der Waals surface area (Å²) in [6.07, 6.45) is 6.13. The molecule has 0 spiro atoms. The summed E-state index contributed by atoms with van der Waals surface area (Å²) >= 11 is 0. The molecule has 0 aliphatic carbocycles. The summed E-state index contributed by atoms with van der Waals surface area (Å²) in [5.41, 5.74) is 0. The predicted molar refractivity (Wildman–Crippen MR) is 102 cm³/mol. The number of hydrogen-bond donors (Lipinski definition) is 0. The lowest BCUT2D eigenvalue weighted by molar-refractivity contribution is -0.158. The van der Waals surface area contributed by atoms with Gasteiger partial charge < -0.3 is 9.47 Å². The number of rotatable bonds is 9. The van der Waals surface area contributed by atoms with Gasteiger partial charge in [0.1, 0.15) is 6.10 Å². The largest absolute Gasteiger partial charge is 0.459 e. The van der Waals surface area contributed by atoms with E-state index in [2.05, 4.69) is 6.92 Å². The summed E-state index contributed by atoms with van der Waals surface area (Å²) in [5.74, 6) is -1.57. The van der Waals surface area contributed by atoms with E-state index in [1.807, 2.05) is 6.07 Å². The minimum atomic E-state index is -1.62. The molecule has 2 heterocycles. The van der Waals surface area contributed by atoms with Gasteiger partial charge in [-0.25, -0.2) is 4.79 Å². The van der Waals surface area contributed by atoms with E-state index in [0.717, 1.165) is 19.3 Å². The number of carbonyl (C=O) groups is 2. The van der Waals surface area contributed by atoms with Gasteiger partial charge in [0, 0.05) is 4.90 Å². The molecule has 2 aliphatic heterocycles. The lowest BCUT2D eigenvalue weighted by atomic mass is 9.85. The van der Waals surface area contributed by atoms with Crippen LogP contribution in [0.15, 0.2) is 35.2 Å². The van der Waals surface area contributed by atoms with E-state index < -0.39 is 45.6 Å². The number of benzene rings is 1. The summed E-state index contributed by atoms with van der Waals surface area (Å²) in [4.78, 5) is 25.4. The maximum absolute atomic E-state index is 13.3. The summed E-state index contributed by atoms with van der Waals surface area (Å²) in [7, 11) is -1.62. The number of carbonyl (C=O) groups excluding carboxylic acids is 2. The molecule has 148 valence electrons. The van der Waals surface area contributed by atoms with Crippen molar-refractivity contribution in [2.75, 3.05) is 0 Å². The van der Waals surface area contributed by atoms with Crippen molar-refractivity contribution in [1.82, 2.24) is 0 Å². The molecule has 1 aromatic rings. The van der Waals surface area contributed by atoms with Crippen molar-refractivity contribution in [3.8, 4) is 0 Å². The van der Waals surface area contributed by atoms with Crippen LogP contribution in [0, 0.1) is 5.92 Å². The zero-order valence-electron chi connectivity index (χ0n) is 16.0. The highest BCUT2D eigenvalue weighted by molar-refractivity contribution is 7.87. The van der Waals surface area contributed by atoms with Crippen LogP contribution >= 0.6 is 0 Å². The van der Waals surface area contributed by atoms with E-state index in [4.69, 9.17) is 9.47 Å². The van der Waals surface area contributed by atoms with Crippen LogP contribution in [0.1, 0.15) is 58.8 Å². The standard InChI is InChI=1S/C21H28O5S/c1-3-4-5-6-7-11-14-16-17-18(19(22)25-16)26-20(23)21(17,2)27(24)15-12-9-8-10-13-15/h8-10,12-13,16-18H,3-7,11,14H2,1-2H3/t16-,17+,18+,21-,27?/m0/s1. The molecule has 1 aromatic carbocycles. The Morgan fingerprint density at radius 2 is 1.67 bits per heavy atom. The van der Waals surface area contributed by atoms with E-state index in [0.29, 0.717) is 11.3 Å². The Kier molecular flexibility index (Phi) is 6.35. The Hall–Kier alpha value is -1.69. The van der Waals surface area contributed by atoms with E-state index in [1.165, 1.54) is 19.3 Å². The maximum atomic E-state index is 13.3. The molecule has 0 saturated carbocycles. The fourth-order valence-electron chi connectivity index (χ4n) is 4.12. The van der Waals surface area contributed by atoms with Crippen molar-refractivity contribution in [2.45, 2.75) is 80.6 Å². The Morgan fingerprint density at radius 3 is 2.37 bits per heavy atom. The van der Waals surface area contributed by atoms with Gasteiger partial charge in [0.15, 0.2) is 4.75 Å². The van der Waals surface area contributed by atoms with Crippen molar-refractivity contribution in [2.24, 2.45) is 5.92 Å². The highest BCUT2D eigenvalue weighted by Crippen LogP contribution is 2.47. The van der Waals surface area contributed by atoms with Crippen molar-refractivity contribution in [3.05, 3.63) is 30.3 Å². The molecule has 6 heteroatoms. The summed E-state index contributed by atoms with van der Waals surface area (Å²) in [6, 6.07) is 8.89. The van der Waals surface area contributed by atoms with Crippen LogP contribution in [0.25, 0.3) is 0 Å². The second-order valence-corrected chi connectivity index (χ2v) is 9.43. The fraction of sp³-hybridized carbons (Fsp3) is 0.619. The molecule has 3 rings (SSSR count). The van der Waals surface area contributed by atoms with Crippen molar-refractivity contribution in [1.29, 1.82) is 0 Å². The third-order valence-corrected chi connectivity index (χ3v) is 7.60. The zero-order chi connectivity index (χ0) is 19.4. The summed E-state index contributed by atoms with van der Waals surface area (Å²) in [6.45, 7) is 3.84. The van der Waals surface area contributed by atoms with Gasteiger partial charge in [-0.05, 0) is 31.9 Å². The van der Waals surface area contributed by atoms with E-state index in [9.17, 15) is 13.8 Å². The second-order valence-electron chi connectivity index (χ2n) is 7.57. The topological polar surface area (TPSA) is 69.7 Å². The lowest BCUT2D eigenvalue weighted by Crippen LogP contribution is -2.46. The second kappa shape index (κ2) is 8.55. The molecule has 0 N–H and O–H groups in total. The normalized spacial score (nSPS) is 30.7. The number of ether oxygens (including phenoxy) is 2. The van der Waals surface area contributed by atoms with E-state index >= 15 is 0 Å². The molecule has 5 nitrogen and oxygen atoms in total. The fourth-order valence-corrected chi connectivity index (χ4v) is 5.73. The maximum Gasteiger partial charge on any atom is 0.348 e. The van der Waals surface area contributed by atoms with Crippen LogP contribution in [0.3, 0.4) is 0 Å². The van der Waals surface area contributed by atoms with Crippen LogP contribution in [0.5, 0.6) is 0 Å². The molecule has 5 atom stereocenters. The molecule has 2 aliphatic rings. The minimum absolute atomic E-state index is 0.419. The molecule has 2 saturated heterocycles. The summed E-state index contributed by atoms with van der Waals surface area (Å²) in [5, 5.41) is 0. The molecular formula is C21H28O5S. The molecule has 0 radical (unpaired) electrons. The highest BCUT2D eigenvalue weighted by atomic mass is 32.2. The van der Waals surface area contributed by atoms with Crippen LogP contribution < -0.4 is 0 Å². The van der Waals surface area contributed by atoms with Crippen LogP contribution in [-0.4, -0.2) is 33.1 Å². The number of esters is 2.